The van der Waals surface area contributed by atoms with E-state index in [0.29, 0.717) is 6.04 Å². The van der Waals surface area contributed by atoms with E-state index in [4.69, 9.17) is 0 Å². The number of rotatable bonds is 7. The molecule has 0 heterocycles. The Morgan fingerprint density at radius 1 is 1.32 bits per heavy atom. The number of hydrogen-bond donors (Lipinski definition) is 1. The van der Waals surface area contributed by atoms with Crippen molar-refractivity contribution < 1.29 is 0 Å². The van der Waals surface area contributed by atoms with Gasteiger partial charge in [-0.25, -0.2) is 0 Å². The summed E-state index contributed by atoms with van der Waals surface area (Å²) >= 11 is 0. The van der Waals surface area contributed by atoms with E-state index in [1.165, 1.54) is 36.1 Å². The Hall–Kier alpha value is -1.02. The SMILES string of the molecule is CCCN(c1ccc(C)cc1CNC1CC1)C(C)C. The van der Waals surface area contributed by atoms with E-state index in [-0.39, 0.29) is 0 Å². The van der Waals surface area contributed by atoms with Crippen LogP contribution >= 0.6 is 0 Å². The first-order valence-electron chi connectivity index (χ1n) is 7.71. The minimum absolute atomic E-state index is 0.558. The molecule has 0 saturated heterocycles. The lowest BCUT2D eigenvalue weighted by molar-refractivity contribution is 0.651. The number of hydrogen-bond acceptors (Lipinski definition) is 2. The number of nitrogens with zero attached hydrogens (tertiary/aromatic N) is 1. The Labute approximate surface area is 118 Å². The zero-order valence-electron chi connectivity index (χ0n) is 12.9. The smallest absolute Gasteiger partial charge is 0.0414 e. The lowest BCUT2D eigenvalue weighted by Crippen LogP contribution is -2.33. The first-order chi connectivity index (χ1) is 9.11. The van der Waals surface area contributed by atoms with Crippen molar-refractivity contribution >= 4 is 5.69 Å². The molecule has 0 aliphatic heterocycles. The van der Waals surface area contributed by atoms with E-state index < -0.39 is 0 Å². The highest BCUT2D eigenvalue weighted by Gasteiger charge is 2.21. The quantitative estimate of drug-likeness (QED) is 0.800. The summed E-state index contributed by atoms with van der Waals surface area (Å²) in [6.45, 7) is 11.2. The van der Waals surface area contributed by atoms with Gasteiger partial charge in [-0.05, 0) is 51.7 Å². The van der Waals surface area contributed by atoms with Gasteiger partial charge in [-0.15, -0.1) is 0 Å². The highest BCUT2D eigenvalue weighted by atomic mass is 15.2. The highest BCUT2D eigenvalue weighted by molar-refractivity contribution is 5.55. The average molecular weight is 260 g/mol. The Kier molecular flexibility index (Phi) is 4.87. The van der Waals surface area contributed by atoms with Gasteiger partial charge in [0.2, 0.25) is 0 Å². The molecule has 0 amide bonds. The molecule has 2 nitrogen and oxygen atoms in total. The van der Waals surface area contributed by atoms with Crippen LogP contribution in [-0.2, 0) is 6.54 Å². The molecule has 0 bridgehead atoms. The van der Waals surface area contributed by atoms with Crippen molar-refractivity contribution in [2.24, 2.45) is 0 Å². The van der Waals surface area contributed by atoms with E-state index in [9.17, 15) is 0 Å². The molecule has 0 radical (unpaired) electrons. The molecule has 1 aromatic rings. The van der Waals surface area contributed by atoms with Gasteiger partial charge in [-0.3, -0.25) is 0 Å². The maximum Gasteiger partial charge on any atom is 0.0414 e. The molecule has 19 heavy (non-hydrogen) atoms. The summed E-state index contributed by atoms with van der Waals surface area (Å²) in [4.78, 5) is 2.53. The van der Waals surface area contributed by atoms with Crippen LogP contribution in [0.2, 0.25) is 0 Å². The Balaban J connectivity index is 2.19. The first kappa shape index (κ1) is 14.4. The topological polar surface area (TPSA) is 15.3 Å². The van der Waals surface area contributed by atoms with Crippen LogP contribution in [-0.4, -0.2) is 18.6 Å². The largest absolute Gasteiger partial charge is 0.369 e. The second kappa shape index (κ2) is 6.42. The molecule has 1 fully saturated rings. The third kappa shape index (κ3) is 3.97. The molecule has 0 aromatic heterocycles. The van der Waals surface area contributed by atoms with E-state index in [2.05, 4.69) is 56.1 Å². The van der Waals surface area contributed by atoms with E-state index in [1.54, 1.807) is 0 Å². The van der Waals surface area contributed by atoms with E-state index in [0.717, 1.165) is 19.1 Å². The normalized spacial score (nSPS) is 15.0. The zero-order chi connectivity index (χ0) is 13.8. The molecule has 0 spiro atoms. The van der Waals surface area contributed by atoms with Crippen molar-refractivity contribution in [2.45, 2.75) is 65.6 Å². The monoisotopic (exact) mass is 260 g/mol. The van der Waals surface area contributed by atoms with Crippen LogP contribution < -0.4 is 10.2 Å². The molecule has 1 aliphatic carbocycles. The molecule has 2 heteroatoms. The lowest BCUT2D eigenvalue weighted by Gasteiger charge is -2.31. The standard InChI is InChI=1S/C17H28N2/c1-5-10-19(13(2)3)17-9-6-14(4)11-15(17)12-18-16-7-8-16/h6,9,11,13,16,18H,5,7-8,10,12H2,1-4H3. The third-order valence-electron chi connectivity index (χ3n) is 3.79. The summed E-state index contributed by atoms with van der Waals surface area (Å²) in [5, 5.41) is 3.65. The van der Waals surface area contributed by atoms with Crippen molar-refractivity contribution in [3.05, 3.63) is 29.3 Å². The predicted molar refractivity (Wildman–Crippen MR) is 83.8 cm³/mol. The van der Waals surface area contributed by atoms with Gasteiger partial charge in [0.05, 0.1) is 0 Å². The minimum Gasteiger partial charge on any atom is -0.369 e. The van der Waals surface area contributed by atoms with Crippen LogP contribution in [0.25, 0.3) is 0 Å². The Morgan fingerprint density at radius 2 is 2.05 bits per heavy atom. The van der Waals surface area contributed by atoms with E-state index in [1.807, 2.05) is 0 Å². The summed E-state index contributed by atoms with van der Waals surface area (Å²) in [5.41, 5.74) is 4.22. The number of benzene rings is 1. The van der Waals surface area contributed by atoms with Crippen LogP contribution in [0.4, 0.5) is 5.69 Å². The molecular weight excluding hydrogens is 232 g/mol. The van der Waals surface area contributed by atoms with Gasteiger partial charge in [0.25, 0.3) is 0 Å². The van der Waals surface area contributed by atoms with Crippen molar-refractivity contribution in [3.8, 4) is 0 Å². The summed E-state index contributed by atoms with van der Waals surface area (Å²) in [5.74, 6) is 0. The van der Waals surface area contributed by atoms with Crippen molar-refractivity contribution in [1.82, 2.24) is 5.32 Å². The number of aryl methyl sites for hydroxylation is 1. The van der Waals surface area contributed by atoms with E-state index >= 15 is 0 Å². The van der Waals surface area contributed by atoms with Crippen LogP contribution in [0.5, 0.6) is 0 Å². The van der Waals surface area contributed by atoms with Crippen LogP contribution in [0, 0.1) is 6.92 Å². The molecule has 1 saturated carbocycles. The summed E-state index contributed by atoms with van der Waals surface area (Å²) in [7, 11) is 0. The average Bonchev–Trinajstić information content (AvgIpc) is 3.18. The van der Waals surface area contributed by atoms with Gasteiger partial charge in [-0.2, -0.15) is 0 Å². The summed E-state index contributed by atoms with van der Waals surface area (Å²) in [6.07, 6.45) is 3.90. The fraction of sp³-hybridized carbons (Fsp3) is 0.647. The van der Waals surface area contributed by atoms with Gasteiger partial charge in [0.1, 0.15) is 0 Å². The van der Waals surface area contributed by atoms with Gasteiger partial charge in [-0.1, -0.05) is 24.6 Å². The Bertz CT molecular complexity index is 408. The fourth-order valence-electron chi connectivity index (χ4n) is 2.58. The lowest BCUT2D eigenvalue weighted by atomic mass is 10.1. The molecule has 0 atom stereocenters. The zero-order valence-corrected chi connectivity index (χ0v) is 12.9. The van der Waals surface area contributed by atoms with Crippen molar-refractivity contribution in [1.29, 1.82) is 0 Å². The number of nitrogens with one attached hydrogen (secondary N) is 1. The van der Waals surface area contributed by atoms with Gasteiger partial charge < -0.3 is 10.2 Å². The summed E-state index contributed by atoms with van der Waals surface area (Å²) in [6, 6.07) is 8.21. The molecule has 0 unspecified atom stereocenters. The maximum atomic E-state index is 3.65. The first-order valence-corrected chi connectivity index (χ1v) is 7.71. The number of anilines is 1. The Morgan fingerprint density at radius 3 is 2.63 bits per heavy atom. The second-order valence-corrected chi connectivity index (χ2v) is 6.07. The minimum atomic E-state index is 0.558. The fourth-order valence-corrected chi connectivity index (χ4v) is 2.58. The molecular formula is C17H28N2. The molecule has 2 rings (SSSR count). The van der Waals surface area contributed by atoms with Crippen LogP contribution in [0.15, 0.2) is 18.2 Å². The van der Waals surface area contributed by atoms with Crippen LogP contribution in [0.3, 0.4) is 0 Å². The van der Waals surface area contributed by atoms with Crippen LogP contribution in [0.1, 0.15) is 51.2 Å². The van der Waals surface area contributed by atoms with Crippen molar-refractivity contribution in [3.63, 3.8) is 0 Å². The summed E-state index contributed by atoms with van der Waals surface area (Å²) < 4.78 is 0. The van der Waals surface area contributed by atoms with Gasteiger partial charge in [0, 0.05) is 30.9 Å². The molecule has 106 valence electrons. The van der Waals surface area contributed by atoms with Gasteiger partial charge in [0.15, 0.2) is 0 Å². The molecule has 1 aliphatic rings. The maximum absolute atomic E-state index is 3.65. The van der Waals surface area contributed by atoms with Crippen molar-refractivity contribution in [2.75, 3.05) is 11.4 Å². The predicted octanol–water partition coefficient (Wildman–Crippen LogP) is 3.87. The molecule has 1 N–H and O–H groups in total. The van der Waals surface area contributed by atoms with Gasteiger partial charge >= 0.3 is 0 Å². The second-order valence-electron chi connectivity index (χ2n) is 6.07. The molecule has 1 aromatic carbocycles. The highest BCUT2D eigenvalue weighted by Crippen LogP contribution is 2.26. The third-order valence-corrected chi connectivity index (χ3v) is 3.79.